The fraction of sp³-hybridized carbons (Fsp3) is 0.791. The lowest BCUT2D eigenvalue weighted by Gasteiger charge is -2.20. The van der Waals surface area contributed by atoms with Crippen LogP contribution in [0, 0.1) is 0 Å². The van der Waals surface area contributed by atoms with Gasteiger partial charge in [0.2, 0.25) is 0 Å². The van der Waals surface area contributed by atoms with Gasteiger partial charge in [-0.25, -0.2) is 4.57 Å². The second kappa shape index (κ2) is 40.6. The Morgan fingerprint density at radius 1 is 0.596 bits per heavy atom. The van der Waals surface area contributed by atoms with Gasteiger partial charge in [0.15, 0.2) is 0 Å². The molecule has 0 bridgehead atoms. The van der Waals surface area contributed by atoms with Crippen LogP contribution in [-0.4, -0.2) is 49.9 Å². The van der Waals surface area contributed by atoms with Crippen LogP contribution >= 0.6 is 7.82 Å². The van der Waals surface area contributed by atoms with E-state index >= 15 is 0 Å². The van der Waals surface area contributed by atoms with Crippen LogP contribution in [0.4, 0.5) is 0 Å². The average Bonchev–Trinajstić information content (AvgIpc) is 3.13. The summed E-state index contributed by atoms with van der Waals surface area (Å²) in [6.45, 7) is 4.76. The number of carbonyl (C=O) groups excluding carboxylic acids is 1. The average molecular weight is 754 g/mol. The molecule has 0 aromatic carbocycles. The number of hydrogen-bond donors (Lipinski definition) is 2. The molecule has 0 fully saturated rings. The largest absolute Gasteiger partial charge is 0.472 e. The number of phosphoric ester groups is 1. The molecule has 2 unspecified atom stereocenters. The van der Waals surface area contributed by atoms with Crippen LogP contribution in [0.3, 0.4) is 0 Å². The minimum absolute atomic E-state index is 0.0956. The summed E-state index contributed by atoms with van der Waals surface area (Å²) < 4.78 is 33.2. The van der Waals surface area contributed by atoms with Gasteiger partial charge >= 0.3 is 13.8 Å². The third kappa shape index (κ3) is 39.7. The van der Waals surface area contributed by atoms with Crippen molar-refractivity contribution in [2.24, 2.45) is 5.73 Å². The third-order valence-corrected chi connectivity index (χ3v) is 9.74. The molecule has 0 heterocycles. The lowest BCUT2D eigenvalue weighted by atomic mass is 10.0. The molecule has 0 aliphatic rings. The summed E-state index contributed by atoms with van der Waals surface area (Å²) in [5.74, 6) is -0.338. The van der Waals surface area contributed by atoms with Crippen molar-refractivity contribution in [3.05, 3.63) is 48.6 Å². The van der Waals surface area contributed by atoms with Crippen molar-refractivity contribution < 1.29 is 32.8 Å². The molecule has 0 saturated heterocycles. The highest BCUT2D eigenvalue weighted by Gasteiger charge is 2.25. The first-order chi connectivity index (χ1) is 25.4. The maximum atomic E-state index is 12.4. The Hall–Kier alpha value is -1.54. The molecule has 304 valence electrons. The van der Waals surface area contributed by atoms with Gasteiger partial charge in [-0.15, -0.1) is 0 Å². The van der Waals surface area contributed by atoms with Crippen molar-refractivity contribution in [2.75, 3.05) is 33.0 Å². The number of allylic oxidation sites excluding steroid dienone is 8. The maximum Gasteiger partial charge on any atom is 0.472 e. The topological polar surface area (TPSA) is 117 Å². The highest BCUT2D eigenvalue weighted by atomic mass is 31.2. The Bertz CT molecular complexity index is 936. The molecule has 2 atom stereocenters. The highest BCUT2D eigenvalue weighted by molar-refractivity contribution is 7.47. The zero-order chi connectivity index (χ0) is 38.1. The van der Waals surface area contributed by atoms with Crippen LogP contribution in [0.1, 0.15) is 181 Å². The molecule has 3 N–H and O–H groups in total. The first-order valence-electron chi connectivity index (χ1n) is 21.1. The second-order valence-electron chi connectivity index (χ2n) is 13.8. The predicted octanol–water partition coefficient (Wildman–Crippen LogP) is 12.4. The molecule has 9 heteroatoms. The second-order valence-corrected chi connectivity index (χ2v) is 15.3. The first-order valence-corrected chi connectivity index (χ1v) is 22.6. The molecular formula is C43H80NO7P. The van der Waals surface area contributed by atoms with Crippen LogP contribution in [-0.2, 0) is 27.9 Å². The Morgan fingerprint density at radius 3 is 1.62 bits per heavy atom. The van der Waals surface area contributed by atoms with Crippen LogP contribution in [0.2, 0.25) is 0 Å². The Kier molecular flexibility index (Phi) is 39.4. The van der Waals surface area contributed by atoms with Crippen molar-refractivity contribution >= 4 is 13.8 Å². The Labute approximate surface area is 320 Å². The smallest absolute Gasteiger partial charge is 0.457 e. The van der Waals surface area contributed by atoms with Gasteiger partial charge in [0, 0.05) is 19.6 Å². The summed E-state index contributed by atoms with van der Waals surface area (Å²) in [6.07, 6.45) is 47.3. The molecular weight excluding hydrogens is 673 g/mol. The number of rotatable bonds is 40. The van der Waals surface area contributed by atoms with E-state index in [1.54, 1.807) is 0 Å². The van der Waals surface area contributed by atoms with E-state index in [9.17, 15) is 14.3 Å². The lowest BCUT2D eigenvalue weighted by Crippen LogP contribution is -2.28. The van der Waals surface area contributed by atoms with Crippen LogP contribution in [0.25, 0.3) is 0 Å². The van der Waals surface area contributed by atoms with Crippen molar-refractivity contribution in [1.82, 2.24) is 0 Å². The summed E-state index contributed by atoms with van der Waals surface area (Å²) in [7, 11) is -4.26. The third-order valence-electron chi connectivity index (χ3n) is 8.76. The van der Waals surface area contributed by atoms with E-state index in [4.69, 9.17) is 24.3 Å². The van der Waals surface area contributed by atoms with Crippen molar-refractivity contribution in [1.29, 1.82) is 0 Å². The molecule has 8 nitrogen and oxygen atoms in total. The van der Waals surface area contributed by atoms with Gasteiger partial charge in [0.05, 0.1) is 19.8 Å². The molecule has 0 spiro atoms. The van der Waals surface area contributed by atoms with E-state index in [0.29, 0.717) is 13.0 Å². The molecule has 0 saturated carbocycles. The Morgan fingerprint density at radius 2 is 1.08 bits per heavy atom. The van der Waals surface area contributed by atoms with Crippen LogP contribution in [0.15, 0.2) is 48.6 Å². The number of unbranched alkanes of at least 4 members (excludes halogenated alkanes) is 19. The quantitative estimate of drug-likeness (QED) is 0.0275. The SMILES string of the molecule is CC/C=C\C/C=C\C/C=C\C/C=C\CCCCCCCCCCCCCCCOCC(COP(=O)(O)OCCN)OC(=O)CCCCCCCCC. The van der Waals surface area contributed by atoms with E-state index in [2.05, 4.69) is 62.5 Å². The van der Waals surface area contributed by atoms with Crippen molar-refractivity contribution in [3.8, 4) is 0 Å². The molecule has 0 aromatic heterocycles. The molecule has 0 aromatic rings. The maximum absolute atomic E-state index is 12.4. The van der Waals surface area contributed by atoms with Crippen molar-refractivity contribution in [3.63, 3.8) is 0 Å². The molecule has 52 heavy (non-hydrogen) atoms. The van der Waals surface area contributed by atoms with Gasteiger partial charge in [-0.1, -0.05) is 172 Å². The fourth-order valence-corrected chi connectivity index (χ4v) is 6.46. The molecule has 0 aliphatic heterocycles. The zero-order valence-electron chi connectivity index (χ0n) is 33.5. The van der Waals surface area contributed by atoms with Gasteiger partial charge in [-0.2, -0.15) is 0 Å². The molecule has 0 aliphatic carbocycles. The fourth-order valence-electron chi connectivity index (χ4n) is 5.69. The summed E-state index contributed by atoms with van der Waals surface area (Å²) in [5.41, 5.74) is 5.35. The van der Waals surface area contributed by atoms with Gasteiger partial charge in [-0.05, 0) is 51.4 Å². The van der Waals surface area contributed by atoms with Crippen LogP contribution < -0.4 is 5.73 Å². The van der Waals surface area contributed by atoms with Gasteiger partial charge in [0.25, 0.3) is 0 Å². The van der Waals surface area contributed by atoms with Gasteiger partial charge in [0.1, 0.15) is 6.10 Å². The minimum atomic E-state index is -4.26. The zero-order valence-corrected chi connectivity index (χ0v) is 34.4. The monoisotopic (exact) mass is 754 g/mol. The molecule has 0 rings (SSSR count). The first kappa shape index (κ1) is 50.5. The normalized spacial score (nSPS) is 14.0. The van der Waals surface area contributed by atoms with Crippen LogP contribution in [0.5, 0.6) is 0 Å². The number of carbonyl (C=O) groups is 1. The molecule has 0 amide bonds. The van der Waals surface area contributed by atoms with Gasteiger partial charge < -0.3 is 20.1 Å². The van der Waals surface area contributed by atoms with E-state index in [1.807, 2.05) is 0 Å². The number of ether oxygens (including phenoxy) is 2. The highest BCUT2D eigenvalue weighted by Crippen LogP contribution is 2.43. The lowest BCUT2D eigenvalue weighted by molar-refractivity contribution is -0.154. The van der Waals surface area contributed by atoms with Gasteiger partial charge in [-0.3, -0.25) is 13.8 Å². The summed E-state index contributed by atoms with van der Waals surface area (Å²) in [5, 5.41) is 0. The van der Waals surface area contributed by atoms with E-state index in [0.717, 1.165) is 57.8 Å². The number of hydrogen-bond acceptors (Lipinski definition) is 7. The predicted molar refractivity (Wildman–Crippen MR) is 219 cm³/mol. The molecule has 0 radical (unpaired) electrons. The summed E-state index contributed by atoms with van der Waals surface area (Å²) in [4.78, 5) is 22.3. The minimum Gasteiger partial charge on any atom is -0.457 e. The number of phosphoric acid groups is 1. The number of esters is 1. The Balaban J connectivity index is 3.82. The summed E-state index contributed by atoms with van der Waals surface area (Å²) >= 11 is 0. The van der Waals surface area contributed by atoms with E-state index < -0.39 is 13.9 Å². The van der Waals surface area contributed by atoms with E-state index in [-0.39, 0.29) is 32.3 Å². The standard InChI is InChI=1S/C43H80NO7P/c1-3-5-7-9-11-12-13-14-15-16-17-18-19-20-21-22-23-24-25-26-27-28-29-31-33-35-38-48-40-42(41-50-52(46,47)49-39-37-44)51-43(45)36-34-32-30-10-8-6-4-2/h5,7,11-12,14-15,17-18,42H,3-4,6,8-10,13,16,19-41,44H2,1-2H3,(H,46,47)/b7-5-,12-11-,15-14-,18-17-. The number of nitrogens with two attached hydrogens (primary N) is 1. The summed E-state index contributed by atoms with van der Waals surface area (Å²) in [6, 6.07) is 0. The van der Waals surface area contributed by atoms with Crippen molar-refractivity contribution in [2.45, 2.75) is 187 Å². The van der Waals surface area contributed by atoms with E-state index in [1.165, 1.54) is 103 Å².